The van der Waals surface area contributed by atoms with Crippen molar-refractivity contribution >= 4 is 15.8 Å². The topological polar surface area (TPSA) is 74.7 Å². The molecule has 0 saturated carbocycles. The summed E-state index contributed by atoms with van der Waals surface area (Å²) in [6, 6.07) is 0. The molecule has 0 aliphatic carbocycles. The van der Waals surface area contributed by atoms with Crippen LogP contribution < -0.4 is 0 Å². The molecule has 6 heteroatoms. The van der Waals surface area contributed by atoms with Gasteiger partial charge in [0, 0.05) is 12.3 Å². The number of hydrogen-bond acceptors (Lipinski definition) is 4. The molecule has 0 atom stereocenters. The molecule has 0 spiro atoms. The second kappa shape index (κ2) is 6.70. The van der Waals surface area contributed by atoms with Crippen LogP contribution in [0.25, 0.3) is 0 Å². The highest BCUT2D eigenvalue weighted by Crippen LogP contribution is 2.36. The Hall–Kier alpha value is -0.620. The molecule has 112 valence electrons. The lowest BCUT2D eigenvalue weighted by molar-refractivity contribution is -0.152. The SMILES string of the molecule is CCCC1(C(=O)O)CCN(CCS(=O)(=O)CC)CC1. The lowest BCUT2D eigenvalue weighted by Gasteiger charge is -2.38. The lowest BCUT2D eigenvalue weighted by atomic mass is 9.75. The third-order valence-electron chi connectivity index (χ3n) is 4.15. The normalized spacial score (nSPS) is 20.3. The van der Waals surface area contributed by atoms with Gasteiger partial charge in [0.2, 0.25) is 0 Å². The van der Waals surface area contributed by atoms with Gasteiger partial charge in [-0.2, -0.15) is 0 Å². The van der Waals surface area contributed by atoms with Crippen LogP contribution in [0.2, 0.25) is 0 Å². The average Bonchev–Trinajstić information content (AvgIpc) is 2.38. The molecule has 1 heterocycles. The van der Waals surface area contributed by atoms with E-state index in [1.165, 1.54) is 0 Å². The van der Waals surface area contributed by atoms with Crippen molar-refractivity contribution < 1.29 is 18.3 Å². The predicted molar refractivity (Wildman–Crippen MR) is 75.0 cm³/mol. The van der Waals surface area contributed by atoms with Crippen molar-refractivity contribution in [2.24, 2.45) is 5.41 Å². The van der Waals surface area contributed by atoms with Crippen molar-refractivity contribution in [1.82, 2.24) is 4.90 Å². The Kier molecular flexibility index (Phi) is 5.80. The van der Waals surface area contributed by atoms with Crippen molar-refractivity contribution in [2.45, 2.75) is 39.5 Å². The Bertz CT molecular complexity index is 397. The summed E-state index contributed by atoms with van der Waals surface area (Å²) in [5.41, 5.74) is -0.588. The monoisotopic (exact) mass is 291 g/mol. The molecule has 0 amide bonds. The third-order valence-corrected chi connectivity index (χ3v) is 5.84. The average molecular weight is 291 g/mol. The number of sulfone groups is 1. The van der Waals surface area contributed by atoms with E-state index >= 15 is 0 Å². The van der Waals surface area contributed by atoms with Crippen LogP contribution in [-0.2, 0) is 14.6 Å². The standard InChI is InChI=1S/C13H25NO4S/c1-3-5-13(12(15)16)6-8-14(9-7-13)10-11-19(17,18)4-2/h3-11H2,1-2H3,(H,15,16). The fourth-order valence-corrected chi connectivity index (χ4v) is 3.49. The predicted octanol–water partition coefficient (Wildman–Crippen LogP) is 1.39. The molecular weight excluding hydrogens is 266 g/mol. The number of hydrogen-bond donors (Lipinski definition) is 1. The first-order chi connectivity index (χ1) is 8.85. The Balaban J connectivity index is 2.50. The van der Waals surface area contributed by atoms with E-state index in [9.17, 15) is 18.3 Å². The van der Waals surface area contributed by atoms with Gasteiger partial charge in [0.05, 0.1) is 11.2 Å². The fraction of sp³-hybridized carbons (Fsp3) is 0.923. The summed E-state index contributed by atoms with van der Waals surface area (Å²) in [6.07, 6.45) is 2.84. The summed E-state index contributed by atoms with van der Waals surface area (Å²) >= 11 is 0. The van der Waals surface area contributed by atoms with Gasteiger partial charge in [-0.1, -0.05) is 20.3 Å². The van der Waals surface area contributed by atoms with Crippen LogP contribution in [0.4, 0.5) is 0 Å². The van der Waals surface area contributed by atoms with E-state index in [4.69, 9.17) is 0 Å². The molecule has 0 radical (unpaired) electrons. The quantitative estimate of drug-likeness (QED) is 0.767. The number of carboxylic acid groups (broad SMARTS) is 1. The molecule has 0 bridgehead atoms. The van der Waals surface area contributed by atoms with Crippen LogP contribution in [0.15, 0.2) is 0 Å². The van der Waals surface area contributed by atoms with Gasteiger partial charge >= 0.3 is 5.97 Å². The van der Waals surface area contributed by atoms with E-state index in [1.54, 1.807) is 6.92 Å². The molecule has 0 unspecified atom stereocenters. The van der Waals surface area contributed by atoms with Gasteiger partial charge in [0.1, 0.15) is 0 Å². The zero-order valence-electron chi connectivity index (χ0n) is 11.9. The molecule has 1 N–H and O–H groups in total. The number of piperidine rings is 1. The molecule has 1 rings (SSSR count). The maximum Gasteiger partial charge on any atom is 0.309 e. The molecule has 1 aliphatic heterocycles. The first-order valence-electron chi connectivity index (χ1n) is 7.01. The van der Waals surface area contributed by atoms with Crippen molar-refractivity contribution in [2.75, 3.05) is 31.1 Å². The minimum Gasteiger partial charge on any atom is -0.481 e. The summed E-state index contributed by atoms with van der Waals surface area (Å²) in [5, 5.41) is 9.39. The number of nitrogens with zero attached hydrogens (tertiary/aromatic N) is 1. The van der Waals surface area contributed by atoms with Gasteiger partial charge in [0.15, 0.2) is 9.84 Å². The summed E-state index contributed by atoms with van der Waals surface area (Å²) in [4.78, 5) is 13.5. The first-order valence-corrected chi connectivity index (χ1v) is 8.83. The second-order valence-electron chi connectivity index (χ2n) is 5.41. The number of rotatable bonds is 7. The number of carbonyl (C=O) groups is 1. The van der Waals surface area contributed by atoms with Crippen LogP contribution in [0.1, 0.15) is 39.5 Å². The molecule has 0 aromatic carbocycles. The van der Waals surface area contributed by atoms with E-state index in [0.29, 0.717) is 38.9 Å². The number of aliphatic carboxylic acids is 1. The van der Waals surface area contributed by atoms with Crippen molar-refractivity contribution in [3.63, 3.8) is 0 Å². The summed E-state index contributed by atoms with van der Waals surface area (Å²) in [7, 11) is -2.93. The van der Waals surface area contributed by atoms with Gasteiger partial charge < -0.3 is 10.0 Å². The highest BCUT2D eigenvalue weighted by molar-refractivity contribution is 7.91. The van der Waals surface area contributed by atoms with Crippen LogP contribution in [-0.4, -0.2) is 55.5 Å². The van der Waals surface area contributed by atoms with Gasteiger partial charge in [-0.15, -0.1) is 0 Å². The first kappa shape index (κ1) is 16.4. The van der Waals surface area contributed by atoms with Crippen LogP contribution in [0.5, 0.6) is 0 Å². The van der Waals surface area contributed by atoms with Gasteiger partial charge in [-0.05, 0) is 32.4 Å². The van der Waals surface area contributed by atoms with Gasteiger partial charge in [0.25, 0.3) is 0 Å². The minimum absolute atomic E-state index is 0.176. The largest absolute Gasteiger partial charge is 0.481 e. The molecule has 1 aliphatic rings. The second-order valence-corrected chi connectivity index (χ2v) is 7.89. The molecule has 0 aromatic heterocycles. The Morgan fingerprint density at radius 1 is 1.26 bits per heavy atom. The van der Waals surface area contributed by atoms with Crippen LogP contribution in [0.3, 0.4) is 0 Å². The maximum atomic E-state index is 11.5. The van der Waals surface area contributed by atoms with Crippen LogP contribution >= 0.6 is 0 Å². The minimum atomic E-state index is -2.93. The Morgan fingerprint density at radius 2 is 1.84 bits per heavy atom. The summed E-state index contributed by atoms with van der Waals surface area (Å²) in [6.45, 7) is 5.56. The van der Waals surface area contributed by atoms with E-state index in [1.807, 2.05) is 6.92 Å². The number of likely N-dealkylation sites (tertiary alicyclic amines) is 1. The maximum absolute atomic E-state index is 11.5. The van der Waals surface area contributed by atoms with E-state index in [0.717, 1.165) is 6.42 Å². The van der Waals surface area contributed by atoms with Crippen molar-refractivity contribution in [1.29, 1.82) is 0 Å². The molecule has 1 fully saturated rings. The Labute approximate surface area is 115 Å². The number of carboxylic acids is 1. The smallest absolute Gasteiger partial charge is 0.309 e. The van der Waals surface area contributed by atoms with Gasteiger partial charge in [-0.25, -0.2) is 8.42 Å². The molecule has 1 saturated heterocycles. The molecule has 19 heavy (non-hydrogen) atoms. The summed E-state index contributed by atoms with van der Waals surface area (Å²) < 4.78 is 22.9. The Morgan fingerprint density at radius 3 is 2.26 bits per heavy atom. The lowest BCUT2D eigenvalue weighted by Crippen LogP contribution is -2.45. The zero-order chi connectivity index (χ0) is 14.5. The van der Waals surface area contributed by atoms with Crippen LogP contribution in [0, 0.1) is 5.41 Å². The fourth-order valence-electron chi connectivity index (χ4n) is 2.67. The van der Waals surface area contributed by atoms with Crippen molar-refractivity contribution in [3.05, 3.63) is 0 Å². The van der Waals surface area contributed by atoms with E-state index in [-0.39, 0.29) is 11.5 Å². The highest BCUT2D eigenvalue weighted by Gasteiger charge is 2.40. The third kappa shape index (κ3) is 4.45. The molecule has 0 aromatic rings. The zero-order valence-corrected chi connectivity index (χ0v) is 12.7. The van der Waals surface area contributed by atoms with Gasteiger partial charge in [-0.3, -0.25) is 4.79 Å². The van der Waals surface area contributed by atoms with E-state index in [2.05, 4.69) is 4.90 Å². The highest BCUT2D eigenvalue weighted by atomic mass is 32.2. The molecule has 5 nitrogen and oxygen atoms in total. The van der Waals surface area contributed by atoms with E-state index < -0.39 is 21.2 Å². The molecular formula is C13H25NO4S. The summed E-state index contributed by atoms with van der Waals surface area (Å²) in [5.74, 6) is -0.345. The van der Waals surface area contributed by atoms with Crippen molar-refractivity contribution in [3.8, 4) is 0 Å².